The van der Waals surface area contributed by atoms with E-state index in [-0.39, 0.29) is 11.9 Å². The van der Waals surface area contributed by atoms with Crippen LogP contribution in [-0.2, 0) is 14.3 Å². The highest BCUT2D eigenvalue weighted by Gasteiger charge is 2.34. The van der Waals surface area contributed by atoms with Crippen molar-refractivity contribution in [3.8, 4) is 0 Å². The van der Waals surface area contributed by atoms with Crippen LogP contribution in [0.15, 0.2) is 28.9 Å². The lowest BCUT2D eigenvalue weighted by molar-refractivity contribution is -0.148. The number of carboxylic acid groups (broad SMARTS) is 1. The van der Waals surface area contributed by atoms with Crippen molar-refractivity contribution in [1.82, 2.24) is 9.88 Å². The van der Waals surface area contributed by atoms with Gasteiger partial charge in [-0.15, -0.1) is 0 Å². The van der Waals surface area contributed by atoms with Crippen LogP contribution in [-0.4, -0.2) is 47.1 Å². The highest BCUT2D eigenvalue weighted by atomic mass is 79.9. The number of esters is 1. The van der Waals surface area contributed by atoms with Gasteiger partial charge in [-0.05, 0) is 25.0 Å². The number of methoxy groups -OCH3 is 1. The maximum absolute atomic E-state index is 11.9. The number of rotatable bonds is 4. The van der Waals surface area contributed by atoms with Crippen molar-refractivity contribution >= 4 is 38.8 Å². The molecule has 2 N–H and O–H groups in total. The molecule has 1 aliphatic heterocycles. The summed E-state index contributed by atoms with van der Waals surface area (Å²) in [6.45, 7) is 1.11. The minimum absolute atomic E-state index is 0.139. The second-order valence-electron chi connectivity index (χ2n) is 6.01. The van der Waals surface area contributed by atoms with Gasteiger partial charge in [0.2, 0.25) is 0 Å². The highest BCUT2D eigenvalue weighted by Crippen LogP contribution is 2.33. The quantitative estimate of drug-likeness (QED) is 0.778. The van der Waals surface area contributed by atoms with E-state index in [0.29, 0.717) is 25.9 Å². The summed E-state index contributed by atoms with van der Waals surface area (Å²) in [4.78, 5) is 28.6. The molecule has 0 unspecified atom stereocenters. The van der Waals surface area contributed by atoms with E-state index in [4.69, 9.17) is 4.74 Å². The number of H-pyrrole nitrogens is 1. The van der Waals surface area contributed by atoms with Crippen LogP contribution in [0.3, 0.4) is 0 Å². The zero-order chi connectivity index (χ0) is 17.3. The van der Waals surface area contributed by atoms with Crippen molar-refractivity contribution in [2.75, 3.05) is 20.2 Å². The van der Waals surface area contributed by atoms with Gasteiger partial charge < -0.3 is 14.8 Å². The van der Waals surface area contributed by atoms with Gasteiger partial charge in [0, 0.05) is 40.2 Å². The third-order valence-corrected chi connectivity index (χ3v) is 5.13. The van der Waals surface area contributed by atoms with Crippen molar-refractivity contribution < 1.29 is 19.4 Å². The lowest BCUT2D eigenvalue weighted by atomic mass is 9.94. The van der Waals surface area contributed by atoms with Gasteiger partial charge in [-0.3, -0.25) is 14.5 Å². The van der Waals surface area contributed by atoms with Gasteiger partial charge in [0.25, 0.3) is 0 Å². The fourth-order valence-electron chi connectivity index (χ4n) is 3.39. The van der Waals surface area contributed by atoms with Gasteiger partial charge in [0.1, 0.15) is 6.04 Å². The molecule has 0 radical (unpaired) electrons. The summed E-state index contributed by atoms with van der Waals surface area (Å²) in [5, 5.41) is 10.7. The predicted octanol–water partition coefficient (Wildman–Crippen LogP) is 2.94. The van der Waals surface area contributed by atoms with E-state index in [9.17, 15) is 14.7 Å². The van der Waals surface area contributed by atoms with Crippen LogP contribution < -0.4 is 0 Å². The maximum atomic E-state index is 11.9. The van der Waals surface area contributed by atoms with E-state index >= 15 is 0 Å². The summed E-state index contributed by atoms with van der Waals surface area (Å²) in [5.74, 6) is -1.23. The molecule has 1 saturated heterocycles. The summed E-state index contributed by atoms with van der Waals surface area (Å²) in [7, 11) is 1.39. The van der Waals surface area contributed by atoms with Crippen LogP contribution in [0.2, 0.25) is 0 Å². The zero-order valence-corrected chi connectivity index (χ0v) is 14.9. The Hall–Kier alpha value is -1.86. The van der Waals surface area contributed by atoms with Crippen molar-refractivity contribution in [3.05, 3.63) is 34.4 Å². The van der Waals surface area contributed by atoms with Gasteiger partial charge >= 0.3 is 11.9 Å². The van der Waals surface area contributed by atoms with Crippen LogP contribution in [0.25, 0.3) is 10.9 Å². The number of aliphatic carboxylic acids is 1. The molecular weight excluding hydrogens is 376 g/mol. The maximum Gasteiger partial charge on any atom is 0.325 e. The van der Waals surface area contributed by atoms with E-state index in [0.717, 1.165) is 20.9 Å². The second-order valence-corrected chi connectivity index (χ2v) is 6.92. The standard InChI is InChI=1S/C17H19BrN2O4/c1-24-17(23)10-4-6-20(7-5-10)15(16(21)22)13-9-19-14-8-11(18)2-3-12(13)14/h2-3,8-10,15,19H,4-7H2,1H3,(H,21,22)/t15-/m0/s1. The number of carboxylic acids is 1. The van der Waals surface area contributed by atoms with Crippen LogP contribution in [0.5, 0.6) is 0 Å². The number of ether oxygens (including phenoxy) is 1. The van der Waals surface area contributed by atoms with Crippen LogP contribution in [0, 0.1) is 5.92 Å². The molecule has 0 spiro atoms. The van der Waals surface area contributed by atoms with Gasteiger partial charge in [0.15, 0.2) is 0 Å². The Balaban J connectivity index is 1.85. The van der Waals surface area contributed by atoms with Crippen molar-refractivity contribution in [3.63, 3.8) is 0 Å². The minimum Gasteiger partial charge on any atom is -0.480 e. The lowest BCUT2D eigenvalue weighted by Gasteiger charge is -2.34. The molecule has 24 heavy (non-hydrogen) atoms. The first-order valence-corrected chi connectivity index (χ1v) is 8.61. The third kappa shape index (κ3) is 3.18. The van der Waals surface area contributed by atoms with E-state index < -0.39 is 12.0 Å². The number of nitrogens with zero attached hydrogens (tertiary/aromatic N) is 1. The summed E-state index contributed by atoms with van der Waals surface area (Å²) in [6.07, 6.45) is 3.00. The normalized spacial score (nSPS) is 17.8. The number of nitrogens with one attached hydrogen (secondary N) is 1. The predicted molar refractivity (Wildman–Crippen MR) is 92.7 cm³/mol. The lowest BCUT2D eigenvalue weighted by Crippen LogP contribution is -2.41. The number of fused-ring (bicyclic) bond motifs is 1. The van der Waals surface area contributed by atoms with E-state index in [2.05, 4.69) is 20.9 Å². The summed E-state index contributed by atoms with van der Waals surface area (Å²) >= 11 is 3.42. The topological polar surface area (TPSA) is 82.6 Å². The average molecular weight is 395 g/mol. The van der Waals surface area contributed by atoms with Gasteiger partial charge in [-0.2, -0.15) is 0 Å². The number of halogens is 1. The molecule has 1 fully saturated rings. The highest BCUT2D eigenvalue weighted by molar-refractivity contribution is 9.10. The van der Waals surface area contributed by atoms with Crippen LogP contribution in [0.4, 0.5) is 0 Å². The molecule has 1 atom stereocenters. The number of hydrogen-bond donors (Lipinski definition) is 2. The number of piperidine rings is 1. The first-order chi connectivity index (χ1) is 11.5. The van der Waals surface area contributed by atoms with Crippen molar-refractivity contribution in [2.24, 2.45) is 5.92 Å². The van der Waals surface area contributed by atoms with E-state index in [1.54, 1.807) is 6.20 Å². The Bertz CT molecular complexity index is 765. The molecule has 7 heteroatoms. The fraction of sp³-hybridized carbons (Fsp3) is 0.412. The smallest absolute Gasteiger partial charge is 0.325 e. The Morgan fingerprint density at radius 2 is 2.08 bits per heavy atom. The summed E-state index contributed by atoms with van der Waals surface area (Å²) in [6, 6.07) is 5.03. The van der Waals surface area contributed by atoms with Crippen LogP contribution in [0.1, 0.15) is 24.4 Å². The Morgan fingerprint density at radius 1 is 1.38 bits per heavy atom. The Kier molecular flexibility index (Phi) is 4.91. The van der Waals surface area contributed by atoms with Gasteiger partial charge in [0.05, 0.1) is 13.0 Å². The summed E-state index contributed by atoms with van der Waals surface area (Å²) in [5.41, 5.74) is 1.65. The molecule has 2 heterocycles. The van der Waals surface area contributed by atoms with Crippen molar-refractivity contribution in [2.45, 2.75) is 18.9 Å². The first kappa shape index (κ1) is 17.0. The molecular formula is C17H19BrN2O4. The molecule has 128 valence electrons. The number of hydrogen-bond acceptors (Lipinski definition) is 4. The fourth-order valence-corrected chi connectivity index (χ4v) is 3.75. The number of carbonyl (C=O) groups is 2. The molecule has 1 aromatic heterocycles. The Morgan fingerprint density at radius 3 is 2.71 bits per heavy atom. The number of carbonyl (C=O) groups excluding carboxylic acids is 1. The number of likely N-dealkylation sites (tertiary alicyclic amines) is 1. The minimum atomic E-state index is -0.879. The molecule has 3 rings (SSSR count). The van der Waals surface area contributed by atoms with Gasteiger partial charge in [-0.25, -0.2) is 0 Å². The number of benzene rings is 1. The molecule has 0 amide bonds. The van der Waals surface area contributed by atoms with E-state index in [1.165, 1.54) is 7.11 Å². The SMILES string of the molecule is COC(=O)C1CCN([C@H](C(=O)O)c2c[nH]c3cc(Br)ccc23)CC1. The molecule has 0 aliphatic carbocycles. The molecule has 0 saturated carbocycles. The molecule has 0 bridgehead atoms. The Labute approximate surface area is 147 Å². The van der Waals surface area contributed by atoms with Crippen LogP contribution >= 0.6 is 15.9 Å². The van der Waals surface area contributed by atoms with E-state index in [1.807, 2.05) is 23.1 Å². The zero-order valence-electron chi connectivity index (χ0n) is 13.3. The van der Waals surface area contributed by atoms with Crippen molar-refractivity contribution in [1.29, 1.82) is 0 Å². The molecule has 1 aromatic carbocycles. The second kappa shape index (κ2) is 6.94. The molecule has 1 aliphatic rings. The third-order valence-electron chi connectivity index (χ3n) is 4.63. The molecule has 6 nitrogen and oxygen atoms in total. The first-order valence-electron chi connectivity index (χ1n) is 7.82. The largest absolute Gasteiger partial charge is 0.480 e. The van der Waals surface area contributed by atoms with Gasteiger partial charge in [-0.1, -0.05) is 22.0 Å². The average Bonchev–Trinajstić information content (AvgIpc) is 2.97. The molecule has 2 aromatic rings. The monoisotopic (exact) mass is 394 g/mol. The number of aromatic amines is 1. The summed E-state index contributed by atoms with van der Waals surface area (Å²) < 4.78 is 5.73. The number of aromatic nitrogens is 1.